The highest BCUT2D eigenvalue weighted by atomic mass is 35.5. The number of nitro benzene ring substituents is 1. The van der Waals surface area contributed by atoms with E-state index >= 15 is 0 Å². The number of hydrogen-bond donors (Lipinski definition) is 2. The van der Waals surface area contributed by atoms with Gasteiger partial charge in [0.2, 0.25) is 0 Å². The summed E-state index contributed by atoms with van der Waals surface area (Å²) in [4.78, 5) is 37.5. The first kappa shape index (κ1) is 22.5. The van der Waals surface area contributed by atoms with Crippen molar-refractivity contribution in [2.45, 2.75) is 32.1 Å². The fraction of sp³-hybridized carbons (Fsp3) is 0.250. The molecule has 2 N–H and O–H groups in total. The third-order valence-corrected chi connectivity index (χ3v) is 6.20. The van der Waals surface area contributed by atoms with Crippen LogP contribution in [0.3, 0.4) is 0 Å². The Morgan fingerprint density at radius 1 is 1.24 bits per heavy atom. The lowest BCUT2D eigenvalue weighted by atomic mass is 9.75. The van der Waals surface area contributed by atoms with Crippen molar-refractivity contribution in [1.29, 1.82) is 0 Å². The fourth-order valence-corrected chi connectivity index (χ4v) is 4.59. The van der Waals surface area contributed by atoms with Crippen molar-refractivity contribution in [1.82, 2.24) is 5.32 Å². The molecule has 0 saturated heterocycles. The molecule has 0 radical (unpaired) electrons. The Morgan fingerprint density at radius 2 is 2.00 bits per heavy atom. The van der Waals surface area contributed by atoms with Crippen LogP contribution >= 0.6 is 11.6 Å². The number of para-hydroxylation sites is 2. The number of nitrogens with one attached hydrogen (secondary N) is 2. The Bertz CT molecular complexity index is 1230. The van der Waals surface area contributed by atoms with Gasteiger partial charge in [-0.1, -0.05) is 29.8 Å². The Balaban J connectivity index is 1.84. The number of nitro groups is 1. The van der Waals surface area contributed by atoms with Crippen LogP contribution in [0, 0.1) is 10.1 Å². The molecule has 0 fully saturated rings. The molecule has 0 saturated carbocycles. The molecule has 0 bridgehead atoms. The van der Waals surface area contributed by atoms with Crippen LogP contribution in [0.2, 0.25) is 5.02 Å². The van der Waals surface area contributed by atoms with Crippen LogP contribution in [0.4, 0.5) is 11.4 Å². The van der Waals surface area contributed by atoms with Gasteiger partial charge in [-0.2, -0.15) is 0 Å². The van der Waals surface area contributed by atoms with Gasteiger partial charge in [-0.25, -0.2) is 0 Å². The number of methoxy groups -OCH3 is 1. The first-order valence-electron chi connectivity index (χ1n) is 10.4. The minimum absolute atomic E-state index is 0.0115. The summed E-state index contributed by atoms with van der Waals surface area (Å²) in [6.07, 6.45) is 1.72. The van der Waals surface area contributed by atoms with E-state index in [0.717, 1.165) is 5.70 Å². The van der Waals surface area contributed by atoms with Gasteiger partial charge < -0.3 is 15.4 Å². The number of hydrogen-bond acceptors (Lipinski definition) is 6. The third-order valence-electron chi connectivity index (χ3n) is 5.88. The standard InChI is InChI=1S/C24H22ClN3O5/c1-13-21(24(30)27-16-6-3-4-9-20(16)33-2)22(23-17(26-13)7-5-8-19(23)29)14-10-11-15(25)18(12-14)28(31)32/h3-4,6,9-12,22,26H,5,7-8H2,1-2H3,(H,27,30)/t22-/m1/s1. The molecule has 0 aromatic heterocycles. The molecule has 1 atom stereocenters. The minimum atomic E-state index is -0.764. The number of carbonyl (C=O) groups excluding carboxylic acids is 2. The molecular formula is C24H22ClN3O5. The van der Waals surface area contributed by atoms with E-state index in [2.05, 4.69) is 10.6 Å². The SMILES string of the molecule is COc1ccccc1NC(=O)C1=C(C)NC2=C(C(=O)CCC2)[C@@H]1c1ccc(Cl)c([N+](=O)[O-])c1. The van der Waals surface area contributed by atoms with Crippen molar-refractivity contribution in [3.05, 3.63) is 85.7 Å². The number of anilines is 1. The second-order valence-electron chi connectivity index (χ2n) is 7.89. The van der Waals surface area contributed by atoms with Gasteiger partial charge in [0.15, 0.2) is 5.78 Å². The average molecular weight is 468 g/mol. The van der Waals surface area contributed by atoms with Crippen LogP contribution in [0.1, 0.15) is 37.7 Å². The number of halogens is 1. The molecule has 1 aliphatic carbocycles. The summed E-state index contributed by atoms with van der Waals surface area (Å²) in [5.74, 6) is -0.793. The lowest BCUT2D eigenvalue weighted by molar-refractivity contribution is -0.384. The molecule has 2 aromatic rings. The number of Topliss-reactive ketones (excluding diaryl/α,β-unsaturated/α-hetero) is 1. The van der Waals surface area contributed by atoms with Gasteiger partial charge in [-0.3, -0.25) is 19.7 Å². The molecule has 1 amide bonds. The van der Waals surface area contributed by atoms with E-state index in [9.17, 15) is 19.7 Å². The van der Waals surface area contributed by atoms with E-state index in [1.54, 1.807) is 37.3 Å². The highest BCUT2D eigenvalue weighted by Gasteiger charge is 2.39. The number of ether oxygens (including phenoxy) is 1. The smallest absolute Gasteiger partial charge is 0.288 e. The molecule has 2 aliphatic rings. The van der Waals surface area contributed by atoms with Crippen LogP contribution in [-0.2, 0) is 9.59 Å². The van der Waals surface area contributed by atoms with Crippen LogP contribution in [0.5, 0.6) is 5.75 Å². The van der Waals surface area contributed by atoms with Gasteiger partial charge in [0.25, 0.3) is 11.6 Å². The maximum Gasteiger partial charge on any atom is 0.288 e. The van der Waals surface area contributed by atoms with Gasteiger partial charge in [-0.05, 0) is 43.5 Å². The Kier molecular flexibility index (Phi) is 6.20. The predicted octanol–water partition coefficient (Wildman–Crippen LogP) is 4.86. The zero-order valence-corrected chi connectivity index (χ0v) is 18.9. The molecule has 0 spiro atoms. The summed E-state index contributed by atoms with van der Waals surface area (Å²) in [6.45, 7) is 1.76. The van der Waals surface area contributed by atoms with E-state index in [1.807, 2.05) is 0 Å². The molecule has 4 rings (SSSR count). The molecule has 2 aromatic carbocycles. The number of rotatable bonds is 5. The minimum Gasteiger partial charge on any atom is -0.495 e. The van der Waals surface area contributed by atoms with Gasteiger partial charge in [0.1, 0.15) is 10.8 Å². The number of carbonyl (C=O) groups is 2. The van der Waals surface area contributed by atoms with E-state index < -0.39 is 16.7 Å². The fourth-order valence-electron chi connectivity index (χ4n) is 4.40. The Labute approximate surface area is 195 Å². The molecule has 0 unspecified atom stereocenters. The van der Waals surface area contributed by atoms with Gasteiger partial charge in [0.05, 0.1) is 17.7 Å². The maximum absolute atomic E-state index is 13.5. The number of allylic oxidation sites excluding steroid dienone is 3. The average Bonchev–Trinajstić information content (AvgIpc) is 2.78. The number of amides is 1. The summed E-state index contributed by atoms with van der Waals surface area (Å²) < 4.78 is 5.33. The molecule has 8 nitrogen and oxygen atoms in total. The van der Waals surface area contributed by atoms with Crippen LogP contribution < -0.4 is 15.4 Å². The highest BCUT2D eigenvalue weighted by Crippen LogP contribution is 2.44. The van der Waals surface area contributed by atoms with Crippen molar-refractivity contribution in [3.8, 4) is 5.75 Å². The van der Waals surface area contributed by atoms with Crippen molar-refractivity contribution in [2.24, 2.45) is 0 Å². The van der Waals surface area contributed by atoms with E-state index in [1.165, 1.54) is 19.2 Å². The summed E-state index contributed by atoms with van der Waals surface area (Å²) in [5, 5.41) is 17.6. The zero-order valence-electron chi connectivity index (χ0n) is 18.1. The summed E-state index contributed by atoms with van der Waals surface area (Å²) in [5.41, 5.74) is 2.76. The van der Waals surface area contributed by atoms with E-state index in [4.69, 9.17) is 16.3 Å². The number of dihydropyridines is 1. The molecule has 9 heteroatoms. The predicted molar refractivity (Wildman–Crippen MR) is 124 cm³/mol. The summed E-state index contributed by atoms with van der Waals surface area (Å²) in [6, 6.07) is 11.4. The first-order valence-corrected chi connectivity index (χ1v) is 10.8. The van der Waals surface area contributed by atoms with Gasteiger partial charge >= 0.3 is 0 Å². The lowest BCUT2D eigenvalue weighted by Crippen LogP contribution is -2.35. The monoisotopic (exact) mass is 467 g/mol. The second kappa shape index (κ2) is 9.07. The third kappa shape index (κ3) is 4.21. The van der Waals surface area contributed by atoms with Crippen LogP contribution in [0.25, 0.3) is 0 Å². The van der Waals surface area contributed by atoms with Crippen molar-refractivity contribution < 1.29 is 19.2 Å². The second-order valence-corrected chi connectivity index (χ2v) is 8.30. The molecule has 170 valence electrons. The largest absolute Gasteiger partial charge is 0.495 e. The molecular weight excluding hydrogens is 446 g/mol. The van der Waals surface area contributed by atoms with E-state index in [0.29, 0.717) is 53.1 Å². The molecule has 1 heterocycles. The summed E-state index contributed by atoms with van der Waals surface area (Å²) >= 11 is 6.03. The van der Waals surface area contributed by atoms with Crippen molar-refractivity contribution >= 4 is 34.7 Å². The molecule has 1 aliphatic heterocycles. The maximum atomic E-state index is 13.5. The van der Waals surface area contributed by atoms with Crippen molar-refractivity contribution in [3.63, 3.8) is 0 Å². The quantitative estimate of drug-likeness (QED) is 0.479. The van der Waals surface area contributed by atoms with E-state index in [-0.39, 0.29) is 16.5 Å². The lowest BCUT2D eigenvalue weighted by Gasteiger charge is -2.34. The highest BCUT2D eigenvalue weighted by molar-refractivity contribution is 6.32. The van der Waals surface area contributed by atoms with Gasteiger partial charge in [0, 0.05) is 40.9 Å². The van der Waals surface area contributed by atoms with Crippen LogP contribution in [0.15, 0.2) is 65.0 Å². The molecule has 33 heavy (non-hydrogen) atoms. The first-order chi connectivity index (χ1) is 15.8. The topological polar surface area (TPSA) is 111 Å². The van der Waals surface area contributed by atoms with Gasteiger partial charge in [-0.15, -0.1) is 0 Å². The number of benzene rings is 2. The van der Waals surface area contributed by atoms with Crippen LogP contribution in [-0.4, -0.2) is 23.7 Å². The normalized spacial score (nSPS) is 17.9. The number of ketones is 1. The van der Waals surface area contributed by atoms with Crippen molar-refractivity contribution in [2.75, 3.05) is 12.4 Å². The number of nitrogens with zero attached hydrogens (tertiary/aromatic N) is 1. The summed E-state index contributed by atoms with van der Waals surface area (Å²) in [7, 11) is 1.51. The Morgan fingerprint density at radius 3 is 2.73 bits per heavy atom. The zero-order chi connectivity index (χ0) is 23.7. The Hall–Kier alpha value is -3.65.